The van der Waals surface area contributed by atoms with E-state index in [2.05, 4.69) is 65.8 Å². The van der Waals surface area contributed by atoms with Gasteiger partial charge < -0.3 is 71.1 Å². The van der Waals surface area contributed by atoms with Gasteiger partial charge in [0, 0.05) is 55.2 Å². The second-order valence-corrected chi connectivity index (χ2v) is 20.7. The molecule has 0 aromatic heterocycles. The monoisotopic (exact) mass is 1220 g/mol. The zero-order chi connectivity index (χ0) is 65.3. The van der Waals surface area contributed by atoms with Crippen molar-refractivity contribution in [2.24, 2.45) is 21.7 Å². The SMILES string of the molecule is C=CC(=O)COCC(COCC(COCCC(C)(C)OCC(C)(C)OCC(COCC(COCC(=O)C=C)(COC(=O)C=C)COC(=O)C=C)(COC(=O)C=C)COC(=O)C=C)(COC(=O)C=C)COC(=O)C=C)(COC(=O)C=C)COC(=O)C=C. The minimum absolute atomic E-state index is 0.0363. The first kappa shape index (κ1) is 78.2. The van der Waals surface area contributed by atoms with Gasteiger partial charge in [-0.2, -0.15) is 0 Å². The minimum Gasteiger partial charge on any atom is -0.462 e. The Hall–Kier alpha value is -7.78. The van der Waals surface area contributed by atoms with Gasteiger partial charge in [-0.25, -0.2) is 38.4 Å². The second kappa shape index (κ2) is 41.3. The van der Waals surface area contributed by atoms with Crippen LogP contribution in [0.1, 0.15) is 34.1 Å². The fourth-order valence-corrected chi connectivity index (χ4v) is 6.53. The van der Waals surface area contributed by atoms with E-state index in [0.29, 0.717) is 0 Å². The summed E-state index contributed by atoms with van der Waals surface area (Å²) < 4.78 is 86.0. The lowest BCUT2D eigenvalue weighted by Crippen LogP contribution is -2.48. The molecule has 0 atom stereocenters. The molecule has 0 aliphatic carbocycles. The maximum Gasteiger partial charge on any atom is 0.330 e. The molecule has 0 heterocycles. The van der Waals surface area contributed by atoms with E-state index in [1.807, 2.05) is 0 Å². The van der Waals surface area contributed by atoms with Crippen LogP contribution in [0.3, 0.4) is 0 Å². The third-order valence-electron chi connectivity index (χ3n) is 11.7. The lowest BCUT2D eigenvalue weighted by molar-refractivity contribution is -0.183. The first-order valence-electron chi connectivity index (χ1n) is 26.4. The largest absolute Gasteiger partial charge is 0.462 e. The summed E-state index contributed by atoms with van der Waals surface area (Å²) in [5.74, 6) is -7.77. The first-order chi connectivity index (χ1) is 40.6. The van der Waals surface area contributed by atoms with E-state index in [9.17, 15) is 47.9 Å². The van der Waals surface area contributed by atoms with Gasteiger partial charge in [0.15, 0.2) is 11.6 Å². The predicted molar refractivity (Wildman–Crippen MR) is 308 cm³/mol. The second-order valence-electron chi connectivity index (χ2n) is 20.7. The molecule has 0 bridgehead atoms. The maximum atomic E-state index is 12.6. The fraction of sp³-hybridized carbons (Fsp3) is 0.508. The van der Waals surface area contributed by atoms with Gasteiger partial charge in [0.05, 0.1) is 92.3 Å². The summed E-state index contributed by atoms with van der Waals surface area (Å²) in [5, 5.41) is 0. The molecule has 0 rings (SSSR count). The molecule has 0 saturated carbocycles. The van der Waals surface area contributed by atoms with E-state index in [0.717, 1.165) is 60.8 Å². The normalized spacial score (nSPS) is 11.6. The first-order valence-corrected chi connectivity index (χ1v) is 26.4. The Bertz CT molecular complexity index is 2280. The molecule has 0 aliphatic heterocycles. The maximum absolute atomic E-state index is 12.6. The molecule has 0 radical (unpaired) electrons. The Balaban J connectivity index is 6.93. The van der Waals surface area contributed by atoms with Crippen LogP contribution < -0.4 is 0 Å². The number of ketones is 2. The van der Waals surface area contributed by atoms with Gasteiger partial charge in [-0.15, -0.1) is 0 Å². The molecule has 0 N–H and O–H groups in total. The van der Waals surface area contributed by atoms with Crippen LogP contribution in [0.25, 0.3) is 0 Å². The van der Waals surface area contributed by atoms with Gasteiger partial charge in [-0.05, 0) is 46.3 Å². The van der Waals surface area contributed by atoms with Crippen LogP contribution in [0.5, 0.6) is 0 Å². The summed E-state index contributed by atoms with van der Waals surface area (Å²) >= 11 is 0. The molecule has 0 fully saturated rings. The van der Waals surface area contributed by atoms with Gasteiger partial charge in [-0.1, -0.05) is 65.8 Å². The van der Waals surface area contributed by atoms with E-state index in [4.69, 9.17) is 71.1 Å². The van der Waals surface area contributed by atoms with Crippen LogP contribution in [0, 0.1) is 21.7 Å². The van der Waals surface area contributed by atoms with E-state index in [1.54, 1.807) is 27.7 Å². The molecule has 0 aromatic rings. The van der Waals surface area contributed by atoms with Gasteiger partial charge in [-0.3, -0.25) is 9.59 Å². The molecule has 0 aliphatic rings. The van der Waals surface area contributed by atoms with Crippen molar-refractivity contribution in [3.8, 4) is 0 Å². The molecule has 0 spiro atoms. The quantitative estimate of drug-likeness (QED) is 0.0354. The van der Waals surface area contributed by atoms with Gasteiger partial charge in [0.25, 0.3) is 0 Å². The number of hydrogen-bond donors (Lipinski definition) is 0. The van der Waals surface area contributed by atoms with Gasteiger partial charge in [0.1, 0.15) is 66.1 Å². The van der Waals surface area contributed by atoms with Gasteiger partial charge >= 0.3 is 47.8 Å². The summed E-state index contributed by atoms with van der Waals surface area (Å²) in [7, 11) is 0. The number of hydrogen-bond acceptors (Lipinski definition) is 25. The molecule has 25 heteroatoms. The van der Waals surface area contributed by atoms with Crippen LogP contribution in [-0.4, -0.2) is 203 Å². The molecule has 25 nitrogen and oxygen atoms in total. The number of carbonyl (C=O) groups is 10. The lowest BCUT2D eigenvalue weighted by Gasteiger charge is -2.38. The van der Waals surface area contributed by atoms with Crippen LogP contribution in [0.2, 0.25) is 0 Å². The topological polar surface area (TPSA) is 309 Å². The Labute approximate surface area is 502 Å². The molecule has 0 unspecified atom stereocenters. The smallest absolute Gasteiger partial charge is 0.330 e. The van der Waals surface area contributed by atoms with Crippen LogP contribution in [0.15, 0.2) is 127 Å². The van der Waals surface area contributed by atoms with E-state index >= 15 is 0 Å². The Morgan fingerprint density at radius 1 is 0.267 bits per heavy atom. The number of esters is 8. The van der Waals surface area contributed by atoms with E-state index in [1.165, 1.54) is 0 Å². The van der Waals surface area contributed by atoms with E-state index in [-0.39, 0.29) is 46.1 Å². The average Bonchev–Trinajstić information content (AvgIpc) is 3.53. The minimum atomic E-state index is -1.52. The van der Waals surface area contributed by atoms with Crippen LogP contribution in [0.4, 0.5) is 0 Å². The predicted octanol–water partition coefficient (Wildman–Crippen LogP) is 4.34. The van der Waals surface area contributed by atoms with Crippen molar-refractivity contribution in [2.45, 2.75) is 45.3 Å². The molecular formula is C61H84O25. The van der Waals surface area contributed by atoms with Crippen molar-refractivity contribution in [2.75, 3.05) is 132 Å². The fourth-order valence-electron chi connectivity index (χ4n) is 6.53. The van der Waals surface area contributed by atoms with Crippen molar-refractivity contribution >= 4 is 59.3 Å². The molecule has 0 amide bonds. The zero-order valence-electron chi connectivity index (χ0n) is 49.9. The standard InChI is InChI=1S/C61H84O25/c1-15-46(62)27-73-31-59(39-79-50(66)19-5,40-80-51(67)20-6)34-75-33-58(37-77-48(64)17-3,38-78-49(65)18-4)30-72-26-25-56(11,12)85-29-57(13,14)86-45-61(43-83-54(70)23-9,44-84-55(71)24-10)36-76-35-60(41-81-52(68)21-7,42-82-53(69)22-8)32-74-28-47(63)16-2/h15-24H,1-10,25-45H2,11-14H3. The summed E-state index contributed by atoms with van der Waals surface area (Å²) in [5.41, 5.74) is -8.14. The zero-order valence-corrected chi connectivity index (χ0v) is 49.9. The third-order valence-corrected chi connectivity index (χ3v) is 11.7. The molecular weight excluding hydrogens is 1130 g/mol. The number of ether oxygens (including phenoxy) is 15. The Morgan fingerprint density at radius 2 is 0.488 bits per heavy atom. The summed E-state index contributed by atoms with van der Waals surface area (Å²) in [6.45, 7) is 33.1. The summed E-state index contributed by atoms with van der Waals surface area (Å²) in [6.07, 6.45) is 9.49. The van der Waals surface area contributed by atoms with Crippen molar-refractivity contribution < 1.29 is 119 Å². The third kappa shape index (κ3) is 33.6. The summed E-state index contributed by atoms with van der Waals surface area (Å²) in [4.78, 5) is 123. The highest BCUT2D eigenvalue weighted by Crippen LogP contribution is 2.30. The van der Waals surface area contributed by atoms with Crippen molar-refractivity contribution in [1.82, 2.24) is 0 Å². The van der Waals surface area contributed by atoms with Crippen LogP contribution >= 0.6 is 0 Å². The van der Waals surface area contributed by atoms with Crippen molar-refractivity contribution in [3.05, 3.63) is 127 Å². The highest BCUT2D eigenvalue weighted by molar-refractivity contribution is 5.90. The van der Waals surface area contributed by atoms with Crippen LogP contribution in [-0.2, 0) is 119 Å². The summed E-state index contributed by atoms with van der Waals surface area (Å²) in [6, 6.07) is 0. The average molecular weight is 1220 g/mol. The number of rotatable bonds is 53. The van der Waals surface area contributed by atoms with E-state index < -0.39 is 185 Å². The number of carbonyl (C=O) groups excluding carboxylic acids is 10. The molecule has 0 aromatic carbocycles. The Morgan fingerprint density at radius 3 is 0.733 bits per heavy atom. The molecule has 86 heavy (non-hydrogen) atoms. The van der Waals surface area contributed by atoms with Gasteiger partial charge in [0.2, 0.25) is 0 Å². The van der Waals surface area contributed by atoms with Crippen molar-refractivity contribution in [3.63, 3.8) is 0 Å². The highest BCUT2D eigenvalue weighted by Gasteiger charge is 2.42. The molecule has 0 saturated heterocycles. The lowest BCUT2D eigenvalue weighted by atomic mass is 9.90. The Kier molecular flexibility index (Phi) is 37.6. The van der Waals surface area contributed by atoms with Crippen molar-refractivity contribution in [1.29, 1.82) is 0 Å². The molecule has 478 valence electrons. The highest BCUT2D eigenvalue weighted by atomic mass is 16.6.